The van der Waals surface area contributed by atoms with Crippen molar-refractivity contribution in [1.29, 1.82) is 0 Å². The summed E-state index contributed by atoms with van der Waals surface area (Å²) < 4.78 is 11.5. The average molecular weight is 496 g/mol. The second-order valence-corrected chi connectivity index (χ2v) is 10.4. The van der Waals surface area contributed by atoms with Crippen molar-refractivity contribution >= 4 is 11.9 Å². The van der Waals surface area contributed by atoms with E-state index in [1.54, 1.807) is 0 Å². The van der Waals surface area contributed by atoms with Gasteiger partial charge in [0.1, 0.15) is 12.4 Å². The predicted octanol–water partition coefficient (Wildman–Crippen LogP) is 6.85. The molecule has 190 valence electrons. The van der Waals surface area contributed by atoms with Gasteiger partial charge >= 0.3 is 6.09 Å². The lowest BCUT2D eigenvalue weighted by Gasteiger charge is -2.47. The van der Waals surface area contributed by atoms with Crippen LogP contribution in [0.25, 0.3) is 11.1 Å². The Morgan fingerprint density at radius 3 is 2.03 bits per heavy atom. The quantitative estimate of drug-likeness (QED) is 0.351. The van der Waals surface area contributed by atoms with Gasteiger partial charge in [0.25, 0.3) is 0 Å². The molecule has 2 heterocycles. The van der Waals surface area contributed by atoms with E-state index >= 15 is 0 Å². The fraction of sp³-hybridized carbons (Fsp3) is 0.375. The Morgan fingerprint density at radius 2 is 1.43 bits per heavy atom. The molecule has 0 radical (unpaired) electrons. The molecule has 2 unspecified atom stereocenters. The van der Waals surface area contributed by atoms with Crippen molar-refractivity contribution in [2.75, 3.05) is 13.2 Å². The fourth-order valence-electron chi connectivity index (χ4n) is 6.68. The zero-order valence-electron chi connectivity index (χ0n) is 21.3. The van der Waals surface area contributed by atoms with Gasteiger partial charge in [-0.1, -0.05) is 48.5 Å². The van der Waals surface area contributed by atoms with Crippen LogP contribution in [0.15, 0.2) is 72.8 Å². The van der Waals surface area contributed by atoms with Crippen LogP contribution in [-0.4, -0.2) is 42.1 Å². The smallest absolute Gasteiger partial charge is 0.410 e. The lowest BCUT2D eigenvalue weighted by atomic mass is 9.76. The topological polar surface area (TPSA) is 55.8 Å². The van der Waals surface area contributed by atoms with E-state index in [2.05, 4.69) is 48.5 Å². The van der Waals surface area contributed by atoms with Crippen molar-refractivity contribution in [1.82, 2.24) is 4.90 Å². The minimum atomic E-state index is -0.233. The number of fused-ring (bicyclic) bond motifs is 5. The Labute approximate surface area is 218 Å². The average Bonchev–Trinajstić information content (AvgIpc) is 3.25. The molecule has 6 rings (SSSR count). The molecule has 0 aromatic heterocycles. The van der Waals surface area contributed by atoms with Crippen LogP contribution in [0.1, 0.15) is 66.4 Å². The van der Waals surface area contributed by atoms with E-state index in [9.17, 15) is 9.59 Å². The first kappa shape index (κ1) is 23.8. The van der Waals surface area contributed by atoms with Crippen LogP contribution in [0.4, 0.5) is 4.79 Å². The number of piperidine rings is 2. The highest BCUT2D eigenvalue weighted by Gasteiger charge is 2.44. The number of hydrogen-bond donors (Lipinski definition) is 0. The number of Topliss-reactive ketones (excluding diaryl/α,β-unsaturated/α-hetero) is 1. The third-order valence-electron chi connectivity index (χ3n) is 8.34. The van der Waals surface area contributed by atoms with Crippen molar-refractivity contribution in [2.24, 2.45) is 5.92 Å². The van der Waals surface area contributed by atoms with Gasteiger partial charge < -0.3 is 14.4 Å². The first-order valence-electron chi connectivity index (χ1n) is 13.5. The first-order chi connectivity index (χ1) is 18.1. The highest BCUT2D eigenvalue weighted by molar-refractivity contribution is 5.98. The highest BCUT2D eigenvalue weighted by atomic mass is 16.6. The maximum Gasteiger partial charge on any atom is 0.410 e. The van der Waals surface area contributed by atoms with Crippen molar-refractivity contribution < 1.29 is 19.1 Å². The summed E-state index contributed by atoms with van der Waals surface area (Å²) in [6, 6.07) is 24.4. The van der Waals surface area contributed by atoms with Gasteiger partial charge in [-0.3, -0.25) is 4.79 Å². The molecule has 2 fully saturated rings. The van der Waals surface area contributed by atoms with Gasteiger partial charge in [0.2, 0.25) is 0 Å². The first-order valence-corrected chi connectivity index (χ1v) is 13.5. The van der Waals surface area contributed by atoms with Gasteiger partial charge in [-0.05, 0) is 85.5 Å². The van der Waals surface area contributed by atoms with Gasteiger partial charge in [-0.2, -0.15) is 0 Å². The third-order valence-corrected chi connectivity index (χ3v) is 8.34. The molecule has 3 aromatic rings. The van der Waals surface area contributed by atoms with Gasteiger partial charge in [0.05, 0.1) is 6.61 Å². The second kappa shape index (κ2) is 10.0. The van der Waals surface area contributed by atoms with Crippen molar-refractivity contribution in [3.63, 3.8) is 0 Å². The summed E-state index contributed by atoms with van der Waals surface area (Å²) in [4.78, 5) is 28.7. The SMILES string of the molecule is CCOc1ccc(C(=O)C2CC3CCCC(C2)N3C(=O)OCC2c3ccccc3-c3ccccc32)cc1. The normalized spacial score (nSPS) is 22.2. The van der Waals surface area contributed by atoms with E-state index in [1.165, 1.54) is 22.3 Å². The summed E-state index contributed by atoms with van der Waals surface area (Å²) in [6.07, 6.45) is 4.11. The highest BCUT2D eigenvalue weighted by Crippen LogP contribution is 2.45. The van der Waals surface area contributed by atoms with Gasteiger partial charge in [0.15, 0.2) is 5.78 Å². The van der Waals surface area contributed by atoms with E-state index in [1.807, 2.05) is 36.1 Å². The molecule has 2 aliphatic heterocycles. The Kier molecular flexibility index (Phi) is 6.45. The fourth-order valence-corrected chi connectivity index (χ4v) is 6.68. The minimum absolute atomic E-state index is 0.0509. The molecule has 37 heavy (non-hydrogen) atoms. The molecule has 0 spiro atoms. The summed E-state index contributed by atoms with van der Waals surface area (Å²) in [7, 11) is 0. The van der Waals surface area contributed by atoms with Crippen LogP contribution < -0.4 is 4.74 Å². The van der Waals surface area contributed by atoms with Crippen LogP contribution in [0.2, 0.25) is 0 Å². The Hall–Kier alpha value is -3.60. The summed E-state index contributed by atoms with van der Waals surface area (Å²) >= 11 is 0. The van der Waals surface area contributed by atoms with Crippen LogP contribution in [-0.2, 0) is 4.74 Å². The minimum Gasteiger partial charge on any atom is -0.494 e. The van der Waals surface area contributed by atoms with E-state index in [-0.39, 0.29) is 35.8 Å². The van der Waals surface area contributed by atoms with Crippen LogP contribution in [0, 0.1) is 5.92 Å². The molecule has 3 aliphatic rings. The molecule has 5 heteroatoms. The lowest BCUT2D eigenvalue weighted by molar-refractivity contribution is 0.00651. The number of ketones is 1. The third kappa shape index (κ3) is 4.41. The Bertz CT molecular complexity index is 1240. The molecule has 2 bridgehead atoms. The number of amides is 1. The Morgan fingerprint density at radius 1 is 0.838 bits per heavy atom. The Balaban J connectivity index is 1.14. The molecule has 0 N–H and O–H groups in total. The number of nitrogens with zero attached hydrogens (tertiary/aromatic N) is 1. The van der Waals surface area contributed by atoms with E-state index in [0.717, 1.165) is 30.6 Å². The monoisotopic (exact) mass is 495 g/mol. The van der Waals surface area contributed by atoms with Gasteiger partial charge in [0, 0.05) is 29.5 Å². The number of benzene rings is 3. The standard InChI is InChI=1S/C32H33NO4/c1-2-36-25-16-14-21(15-17-25)31(34)22-18-23-8-7-9-24(19-22)33(23)32(35)37-20-30-28-12-5-3-10-26(28)27-11-4-6-13-29(27)30/h3-6,10-17,22-24,30H,2,7-9,18-20H2,1H3. The zero-order chi connectivity index (χ0) is 25.4. The van der Waals surface area contributed by atoms with E-state index in [4.69, 9.17) is 9.47 Å². The van der Waals surface area contributed by atoms with Crippen LogP contribution >= 0.6 is 0 Å². The molecule has 3 aromatic carbocycles. The zero-order valence-corrected chi connectivity index (χ0v) is 21.3. The maximum absolute atomic E-state index is 13.4. The summed E-state index contributed by atoms with van der Waals surface area (Å²) in [5.41, 5.74) is 5.61. The van der Waals surface area contributed by atoms with E-state index < -0.39 is 0 Å². The number of rotatable bonds is 6. The molecule has 1 amide bonds. The largest absolute Gasteiger partial charge is 0.494 e. The molecule has 1 aliphatic carbocycles. The molecule has 2 saturated heterocycles. The summed E-state index contributed by atoms with van der Waals surface area (Å²) in [5, 5.41) is 0. The van der Waals surface area contributed by atoms with Crippen LogP contribution in [0.5, 0.6) is 5.75 Å². The van der Waals surface area contributed by atoms with Crippen molar-refractivity contribution in [3.05, 3.63) is 89.5 Å². The summed E-state index contributed by atoms with van der Waals surface area (Å²) in [6.45, 7) is 2.88. The predicted molar refractivity (Wildman–Crippen MR) is 143 cm³/mol. The van der Waals surface area contributed by atoms with E-state index in [0.29, 0.717) is 26.1 Å². The number of hydrogen-bond acceptors (Lipinski definition) is 4. The van der Waals surface area contributed by atoms with Gasteiger partial charge in [-0.15, -0.1) is 0 Å². The summed E-state index contributed by atoms with van der Waals surface area (Å²) in [5.74, 6) is 0.939. The number of ether oxygens (including phenoxy) is 2. The molecular weight excluding hydrogens is 462 g/mol. The molecule has 2 atom stereocenters. The molecule has 5 nitrogen and oxygen atoms in total. The van der Waals surface area contributed by atoms with Gasteiger partial charge in [-0.25, -0.2) is 4.79 Å². The van der Waals surface area contributed by atoms with Crippen molar-refractivity contribution in [3.8, 4) is 16.9 Å². The second-order valence-electron chi connectivity index (χ2n) is 10.4. The van der Waals surface area contributed by atoms with Crippen LogP contribution in [0.3, 0.4) is 0 Å². The lowest BCUT2D eigenvalue weighted by Crippen LogP contribution is -2.55. The molecule has 0 saturated carbocycles. The molecular formula is C32H33NO4. The number of carbonyl (C=O) groups excluding carboxylic acids is 2. The van der Waals surface area contributed by atoms with Crippen molar-refractivity contribution in [2.45, 2.75) is 57.0 Å². The maximum atomic E-state index is 13.4. The number of carbonyl (C=O) groups is 2.